The van der Waals surface area contributed by atoms with Gasteiger partial charge in [0.1, 0.15) is 6.61 Å². The molecule has 0 radical (unpaired) electrons. The first kappa shape index (κ1) is 15.3. The van der Waals surface area contributed by atoms with Crippen LogP contribution in [0.2, 0.25) is 0 Å². The number of nitrogens with zero attached hydrogens (tertiary/aromatic N) is 1. The summed E-state index contributed by atoms with van der Waals surface area (Å²) in [7, 11) is 1.16. The molecule has 0 unspecified atom stereocenters. The summed E-state index contributed by atoms with van der Waals surface area (Å²) >= 11 is 0. The van der Waals surface area contributed by atoms with Crippen molar-refractivity contribution < 1.29 is 22.5 Å². The topological polar surface area (TPSA) is 98.5 Å². The first-order chi connectivity index (χ1) is 9.88. The molecule has 2 aromatic rings. The van der Waals surface area contributed by atoms with Crippen molar-refractivity contribution in [2.24, 2.45) is 0 Å². The van der Waals surface area contributed by atoms with Gasteiger partial charge in [0.2, 0.25) is 0 Å². The number of hydrogen-bond acceptors (Lipinski definition) is 6. The molecule has 0 saturated heterocycles. The Morgan fingerprint density at radius 2 is 2.05 bits per heavy atom. The van der Waals surface area contributed by atoms with Gasteiger partial charge in [-0.1, -0.05) is 35.5 Å². The lowest BCUT2D eigenvalue weighted by atomic mass is 10.2. The van der Waals surface area contributed by atoms with Crippen LogP contribution in [0, 0.1) is 6.92 Å². The number of aromatic nitrogens is 1. The van der Waals surface area contributed by atoms with Gasteiger partial charge in [-0.2, -0.15) is 0 Å². The molecule has 0 spiro atoms. The van der Waals surface area contributed by atoms with Crippen LogP contribution in [-0.2, 0) is 20.4 Å². The van der Waals surface area contributed by atoms with E-state index in [2.05, 4.69) is 10.5 Å². The van der Waals surface area contributed by atoms with E-state index in [1.807, 2.05) is 6.07 Å². The quantitative estimate of drug-likeness (QED) is 0.865. The summed E-state index contributed by atoms with van der Waals surface area (Å²) in [5, 5.41) is 5.61. The highest BCUT2D eigenvalue weighted by Crippen LogP contribution is 2.27. The molecule has 0 aliphatic rings. The minimum atomic E-state index is -4.09. The van der Waals surface area contributed by atoms with Gasteiger partial charge in [0, 0.05) is 10.7 Å². The summed E-state index contributed by atoms with van der Waals surface area (Å²) in [5.74, 6) is -0.330. The number of benzene rings is 1. The fraction of sp³-hybridized carbons (Fsp3) is 0.167. The molecule has 1 heterocycles. The summed E-state index contributed by atoms with van der Waals surface area (Å²) in [4.78, 5) is 11.2. The minimum Gasteiger partial charge on any atom is -0.444 e. The molecular weight excluding hydrogens is 320 g/mol. The Morgan fingerprint density at radius 3 is 2.67 bits per heavy atom. The van der Waals surface area contributed by atoms with E-state index in [1.165, 1.54) is 6.92 Å². The minimum absolute atomic E-state index is 0.0247. The zero-order chi connectivity index (χ0) is 15.5. The Kier molecular flexibility index (Phi) is 4.49. The summed E-state index contributed by atoms with van der Waals surface area (Å²) in [6.45, 7) is 1.40. The highest BCUT2D eigenvalue weighted by atomic mass is 35.7. The molecule has 0 bridgehead atoms. The van der Waals surface area contributed by atoms with Crippen LogP contribution in [0.3, 0.4) is 0 Å². The van der Waals surface area contributed by atoms with Crippen LogP contribution in [0.1, 0.15) is 11.3 Å². The smallest absolute Gasteiger partial charge is 0.413 e. The second-order valence-electron chi connectivity index (χ2n) is 4.04. The van der Waals surface area contributed by atoms with Crippen LogP contribution in [-0.4, -0.2) is 19.7 Å². The number of carbonyl (C=O) groups excluding carboxylic acids is 1. The summed E-state index contributed by atoms with van der Waals surface area (Å²) in [6, 6.07) is 9.00. The number of aryl methyl sites for hydroxylation is 1. The molecule has 0 fully saturated rings. The molecule has 0 atom stereocenters. The van der Waals surface area contributed by atoms with Gasteiger partial charge in [0.05, 0.1) is 0 Å². The van der Waals surface area contributed by atoms with Gasteiger partial charge in [-0.25, -0.2) is 13.2 Å². The monoisotopic (exact) mass is 330 g/mol. The van der Waals surface area contributed by atoms with Crippen LogP contribution in [0.25, 0.3) is 0 Å². The van der Waals surface area contributed by atoms with Crippen molar-refractivity contribution >= 4 is 31.6 Å². The fourth-order valence-corrected chi connectivity index (χ4v) is 2.83. The number of halogens is 1. The molecule has 0 saturated carbocycles. The van der Waals surface area contributed by atoms with Crippen molar-refractivity contribution in [2.75, 3.05) is 5.32 Å². The summed E-state index contributed by atoms with van der Waals surface area (Å²) in [5.41, 5.74) is 0.786. The number of amides is 1. The van der Waals surface area contributed by atoms with Crippen LogP contribution in [0.15, 0.2) is 39.8 Å². The van der Waals surface area contributed by atoms with Crippen LogP contribution in [0.5, 0.6) is 0 Å². The van der Waals surface area contributed by atoms with Gasteiger partial charge in [-0.15, -0.1) is 0 Å². The van der Waals surface area contributed by atoms with E-state index in [1.54, 1.807) is 24.3 Å². The number of anilines is 1. The van der Waals surface area contributed by atoms with E-state index >= 15 is 0 Å². The molecule has 1 aromatic heterocycles. The van der Waals surface area contributed by atoms with Gasteiger partial charge in [-0.05, 0) is 12.5 Å². The Morgan fingerprint density at radius 1 is 1.38 bits per heavy atom. The Balaban J connectivity index is 2.04. The molecule has 0 aliphatic heterocycles. The molecule has 9 heteroatoms. The first-order valence-electron chi connectivity index (χ1n) is 5.76. The third-order valence-corrected chi connectivity index (χ3v) is 3.92. The Bertz CT molecular complexity index is 742. The SMILES string of the molecule is Cc1onc(NC(=O)OCc2ccccc2)c1S(=O)(=O)Cl. The van der Waals surface area contributed by atoms with Crippen molar-refractivity contribution in [3.63, 3.8) is 0 Å². The van der Waals surface area contributed by atoms with Crippen LogP contribution in [0.4, 0.5) is 10.6 Å². The summed E-state index contributed by atoms with van der Waals surface area (Å²) in [6.07, 6.45) is -0.867. The fourth-order valence-electron chi connectivity index (χ4n) is 1.59. The average Bonchev–Trinajstić information content (AvgIpc) is 2.78. The highest BCUT2D eigenvalue weighted by molar-refractivity contribution is 8.13. The van der Waals surface area contributed by atoms with Gasteiger partial charge in [-0.3, -0.25) is 5.32 Å². The second-order valence-corrected chi connectivity index (χ2v) is 6.54. The summed E-state index contributed by atoms with van der Waals surface area (Å²) < 4.78 is 32.4. The molecular formula is C12H11ClN2O5S. The number of nitrogens with one attached hydrogen (secondary N) is 1. The van der Waals surface area contributed by atoms with Gasteiger partial charge >= 0.3 is 6.09 Å². The van der Waals surface area contributed by atoms with E-state index in [0.29, 0.717) is 0 Å². The van der Waals surface area contributed by atoms with Crippen molar-refractivity contribution in [1.29, 1.82) is 0 Å². The standard InChI is InChI=1S/C12H11ClN2O5S/c1-8-10(21(13,17)18)11(15-20-8)14-12(16)19-7-9-5-3-2-4-6-9/h2-6H,7H2,1H3,(H,14,15,16). The van der Waals surface area contributed by atoms with E-state index in [4.69, 9.17) is 19.9 Å². The number of rotatable bonds is 4. The van der Waals surface area contributed by atoms with Crippen molar-refractivity contribution in [2.45, 2.75) is 18.4 Å². The lowest BCUT2D eigenvalue weighted by Gasteiger charge is -2.05. The zero-order valence-electron chi connectivity index (χ0n) is 10.9. The van der Waals surface area contributed by atoms with Gasteiger partial charge in [0.25, 0.3) is 9.05 Å². The first-order valence-corrected chi connectivity index (χ1v) is 8.07. The lowest BCUT2D eigenvalue weighted by Crippen LogP contribution is -2.15. The van der Waals surface area contributed by atoms with Crippen molar-refractivity contribution in [1.82, 2.24) is 5.16 Å². The van der Waals surface area contributed by atoms with Crippen LogP contribution < -0.4 is 5.32 Å². The number of ether oxygens (including phenoxy) is 1. The zero-order valence-corrected chi connectivity index (χ0v) is 12.4. The largest absolute Gasteiger partial charge is 0.444 e. The van der Waals surface area contributed by atoms with Gasteiger partial charge in [0.15, 0.2) is 16.5 Å². The normalized spacial score (nSPS) is 11.1. The third-order valence-electron chi connectivity index (χ3n) is 2.49. The van der Waals surface area contributed by atoms with Gasteiger partial charge < -0.3 is 9.26 Å². The average molecular weight is 331 g/mol. The lowest BCUT2D eigenvalue weighted by molar-refractivity contribution is 0.155. The maximum atomic E-state index is 11.6. The number of carbonyl (C=O) groups is 1. The molecule has 112 valence electrons. The molecule has 7 nitrogen and oxygen atoms in total. The third kappa shape index (κ3) is 3.96. The Hall–Kier alpha value is -2.06. The second kappa shape index (κ2) is 6.15. The number of hydrogen-bond donors (Lipinski definition) is 1. The predicted octanol–water partition coefficient (Wildman–Crippen LogP) is 2.66. The molecule has 2 rings (SSSR count). The molecule has 21 heavy (non-hydrogen) atoms. The molecule has 0 aliphatic carbocycles. The van der Waals surface area contributed by atoms with E-state index in [9.17, 15) is 13.2 Å². The predicted molar refractivity (Wildman–Crippen MR) is 74.5 cm³/mol. The van der Waals surface area contributed by atoms with E-state index in [-0.39, 0.29) is 23.1 Å². The van der Waals surface area contributed by atoms with E-state index in [0.717, 1.165) is 5.56 Å². The maximum absolute atomic E-state index is 11.6. The van der Waals surface area contributed by atoms with E-state index < -0.39 is 15.1 Å². The highest BCUT2D eigenvalue weighted by Gasteiger charge is 2.26. The van der Waals surface area contributed by atoms with Crippen molar-refractivity contribution in [3.05, 3.63) is 41.7 Å². The molecule has 1 amide bonds. The van der Waals surface area contributed by atoms with Crippen LogP contribution >= 0.6 is 10.7 Å². The maximum Gasteiger partial charge on any atom is 0.413 e. The van der Waals surface area contributed by atoms with Crippen molar-refractivity contribution in [3.8, 4) is 0 Å². The Labute approximate surface area is 125 Å². The molecule has 1 aromatic carbocycles. The molecule has 1 N–H and O–H groups in total.